The van der Waals surface area contributed by atoms with Crippen molar-refractivity contribution in [3.63, 3.8) is 0 Å². The molecule has 3 heterocycles. The molecule has 0 spiro atoms. The molecule has 3 rings (SSSR count). The van der Waals surface area contributed by atoms with Gasteiger partial charge in [0.2, 0.25) is 0 Å². The molecule has 7 heteroatoms. The predicted molar refractivity (Wildman–Crippen MR) is 76.0 cm³/mol. The maximum atomic E-state index is 12.1. The molecular formula is C13H19N5O2. The standard InChI is InChI=1S/C13H19N5O2/c1-2-7-17-11-10(12(19)16-13(17)20)18(8-15-11)9-3-5-14-6-4-9/h8-9,14H,2-7H2,1H3,(H,16,19,20). The highest BCUT2D eigenvalue weighted by Crippen LogP contribution is 2.21. The molecule has 0 saturated carbocycles. The second kappa shape index (κ2) is 5.24. The van der Waals surface area contributed by atoms with Crippen LogP contribution in [0, 0.1) is 0 Å². The molecule has 0 amide bonds. The van der Waals surface area contributed by atoms with Crippen LogP contribution in [0.1, 0.15) is 32.2 Å². The molecule has 0 unspecified atom stereocenters. The zero-order valence-corrected chi connectivity index (χ0v) is 11.6. The Morgan fingerprint density at radius 2 is 2.10 bits per heavy atom. The first-order chi connectivity index (χ1) is 9.72. The Bertz CT molecular complexity index is 720. The number of nitrogens with zero attached hydrogens (tertiary/aromatic N) is 3. The van der Waals surface area contributed by atoms with Gasteiger partial charge in [-0.1, -0.05) is 6.92 Å². The molecule has 1 aliphatic heterocycles. The summed E-state index contributed by atoms with van der Waals surface area (Å²) in [4.78, 5) is 30.7. The quantitative estimate of drug-likeness (QED) is 0.840. The molecule has 7 nitrogen and oxygen atoms in total. The lowest BCUT2D eigenvalue weighted by Crippen LogP contribution is -2.33. The van der Waals surface area contributed by atoms with Gasteiger partial charge in [0.05, 0.1) is 6.33 Å². The normalized spacial score (nSPS) is 16.9. The van der Waals surface area contributed by atoms with Gasteiger partial charge in [0.15, 0.2) is 11.2 Å². The fraction of sp³-hybridized carbons (Fsp3) is 0.615. The zero-order valence-electron chi connectivity index (χ0n) is 11.6. The first-order valence-corrected chi connectivity index (χ1v) is 7.12. The molecule has 2 N–H and O–H groups in total. The van der Waals surface area contributed by atoms with Gasteiger partial charge in [-0.15, -0.1) is 0 Å². The number of aromatic nitrogens is 4. The lowest BCUT2D eigenvalue weighted by molar-refractivity contribution is 0.374. The van der Waals surface area contributed by atoms with Crippen LogP contribution in [0.3, 0.4) is 0 Å². The van der Waals surface area contributed by atoms with Crippen molar-refractivity contribution in [1.29, 1.82) is 0 Å². The number of aromatic amines is 1. The summed E-state index contributed by atoms with van der Waals surface area (Å²) in [7, 11) is 0. The first kappa shape index (κ1) is 13.1. The minimum absolute atomic E-state index is 0.273. The molecule has 1 aliphatic rings. The van der Waals surface area contributed by atoms with Crippen molar-refractivity contribution in [3.05, 3.63) is 27.2 Å². The number of nitrogens with one attached hydrogen (secondary N) is 2. The molecule has 20 heavy (non-hydrogen) atoms. The maximum Gasteiger partial charge on any atom is 0.330 e. The third-order valence-electron chi connectivity index (χ3n) is 3.86. The van der Waals surface area contributed by atoms with E-state index in [2.05, 4.69) is 15.3 Å². The molecule has 108 valence electrons. The third-order valence-corrected chi connectivity index (χ3v) is 3.86. The number of hydrogen-bond donors (Lipinski definition) is 2. The van der Waals surface area contributed by atoms with E-state index in [-0.39, 0.29) is 17.3 Å². The number of piperidine rings is 1. The van der Waals surface area contributed by atoms with E-state index >= 15 is 0 Å². The van der Waals surface area contributed by atoms with Gasteiger partial charge < -0.3 is 9.88 Å². The van der Waals surface area contributed by atoms with E-state index in [0.717, 1.165) is 32.4 Å². The number of H-pyrrole nitrogens is 1. The highest BCUT2D eigenvalue weighted by molar-refractivity contribution is 5.70. The summed E-state index contributed by atoms with van der Waals surface area (Å²) in [6, 6.07) is 0.273. The summed E-state index contributed by atoms with van der Waals surface area (Å²) in [6.45, 7) is 4.44. The molecule has 1 saturated heterocycles. The molecule has 2 aromatic rings. The number of rotatable bonds is 3. The van der Waals surface area contributed by atoms with Crippen molar-refractivity contribution in [2.24, 2.45) is 0 Å². The fourth-order valence-electron chi connectivity index (χ4n) is 2.88. The van der Waals surface area contributed by atoms with Crippen LogP contribution < -0.4 is 16.6 Å². The van der Waals surface area contributed by atoms with Gasteiger partial charge in [-0.2, -0.15) is 0 Å². The van der Waals surface area contributed by atoms with Gasteiger partial charge in [0, 0.05) is 12.6 Å². The minimum atomic E-state index is -0.375. The monoisotopic (exact) mass is 277 g/mol. The van der Waals surface area contributed by atoms with Gasteiger partial charge in [0.25, 0.3) is 5.56 Å². The molecule has 0 bridgehead atoms. The third kappa shape index (κ3) is 2.07. The first-order valence-electron chi connectivity index (χ1n) is 7.12. The predicted octanol–water partition coefficient (Wildman–Crippen LogP) is 0.221. The summed E-state index contributed by atoms with van der Waals surface area (Å²) >= 11 is 0. The Balaban J connectivity index is 2.18. The summed E-state index contributed by atoms with van der Waals surface area (Å²) in [5.41, 5.74) is 0.303. The summed E-state index contributed by atoms with van der Waals surface area (Å²) < 4.78 is 3.48. The van der Waals surface area contributed by atoms with Crippen LogP contribution in [0.2, 0.25) is 0 Å². The second-order valence-corrected chi connectivity index (χ2v) is 5.22. The Kier molecular flexibility index (Phi) is 3.43. The maximum absolute atomic E-state index is 12.1. The van der Waals surface area contributed by atoms with E-state index in [4.69, 9.17) is 0 Å². The van der Waals surface area contributed by atoms with Crippen molar-refractivity contribution < 1.29 is 0 Å². The molecule has 0 aromatic carbocycles. The van der Waals surface area contributed by atoms with E-state index in [1.807, 2.05) is 11.5 Å². The van der Waals surface area contributed by atoms with Crippen LogP contribution in [-0.4, -0.2) is 32.2 Å². The average molecular weight is 277 g/mol. The molecule has 2 aromatic heterocycles. The topological polar surface area (TPSA) is 84.7 Å². The van der Waals surface area contributed by atoms with Crippen molar-refractivity contribution in [1.82, 2.24) is 24.4 Å². The van der Waals surface area contributed by atoms with Crippen molar-refractivity contribution >= 4 is 11.2 Å². The van der Waals surface area contributed by atoms with Gasteiger partial charge in [-0.25, -0.2) is 9.78 Å². The van der Waals surface area contributed by atoms with Gasteiger partial charge >= 0.3 is 5.69 Å². The van der Waals surface area contributed by atoms with Crippen LogP contribution in [-0.2, 0) is 6.54 Å². The molecule has 0 radical (unpaired) electrons. The smallest absolute Gasteiger partial charge is 0.322 e. The highest BCUT2D eigenvalue weighted by Gasteiger charge is 2.20. The molecule has 1 fully saturated rings. The Labute approximate surface area is 115 Å². The van der Waals surface area contributed by atoms with Crippen LogP contribution in [0.25, 0.3) is 11.2 Å². The van der Waals surface area contributed by atoms with Gasteiger partial charge in [0.1, 0.15) is 0 Å². The summed E-state index contributed by atoms with van der Waals surface area (Å²) in [5, 5.41) is 3.31. The van der Waals surface area contributed by atoms with Crippen LogP contribution >= 0.6 is 0 Å². The highest BCUT2D eigenvalue weighted by atomic mass is 16.2. The lowest BCUT2D eigenvalue weighted by atomic mass is 10.1. The number of imidazole rings is 1. The summed E-state index contributed by atoms with van der Waals surface area (Å²) in [6.07, 6.45) is 4.46. The average Bonchev–Trinajstić information content (AvgIpc) is 2.89. The number of aryl methyl sites for hydroxylation is 1. The number of hydrogen-bond acceptors (Lipinski definition) is 4. The van der Waals surface area contributed by atoms with E-state index in [9.17, 15) is 9.59 Å². The van der Waals surface area contributed by atoms with Crippen LogP contribution in [0.15, 0.2) is 15.9 Å². The SMILES string of the molecule is CCCn1c(=O)[nH]c(=O)c2c1ncn2C1CCNCC1. The molecule has 0 aliphatic carbocycles. The van der Waals surface area contributed by atoms with Gasteiger partial charge in [-0.3, -0.25) is 14.3 Å². The summed E-state index contributed by atoms with van der Waals surface area (Å²) in [5.74, 6) is 0. The zero-order chi connectivity index (χ0) is 14.1. The van der Waals surface area contributed by atoms with Crippen molar-refractivity contribution in [3.8, 4) is 0 Å². The minimum Gasteiger partial charge on any atom is -0.322 e. The van der Waals surface area contributed by atoms with Gasteiger partial charge in [-0.05, 0) is 32.4 Å². The van der Waals surface area contributed by atoms with Crippen molar-refractivity contribution in [2.45, 2.75) is 38.8 Å². The van der Waals surface area contributed by atoms with Crippen molar-refractivity contribution in [2.75, 3.05) is 13.1 Å². The number of fused-ring (bicyclic) bond motifs is 1. The Morgan fingerprint density at radius 3 is 2.80 bits per heavy atom. The van der Waals surface area contributed by atoms with E-state index in [1.165, 1.54) is 0 Å². The van der Waals surface area contributed by atoms with E-state index in [0.29, 0.717) is 17.7 Å². The molecule has 0 atom stereocenters. The van der Waals surface area contributed by atoms with E-state index in [1.54, 1.807) is 10.9 Å². The largest absolute Gasteiger partial charge is 0.330 e. The second-order valence-electron chi connectivity index (χ2n) is 5.22. The fourth-order valence-corrected chi connectivity index (χ4v) is 2.88. The Hall–Kier alpha value is -1.89. The molecular weight excluding hydrogens is 258 g/mol. The Morgan fingerprint density at radius 1 is 1.35 bits per heavy atom. The van der Waals surface area contributed by atoms with E-state index < -0.39 is 0 Å². The van der Waals surface area contributed by atoms with Crippen LogP contribution in [0.4, 0.5) is 0 Å². The van der Waals surface area contributed by atoms with Crippen LogP contribution in [0.5, 0.6) is 0 Å². The lowest BCUT2D eigenvalue weighted by Gasteiger charge is -2.24.